The molecule has 0 aliphatic carbocycles. The summed E-state index contributed by atoms with van der Waals surface area (Å²) < 4.78 is 4.83. The lowest BCUT2D eigenvalue weighted by molar-refractivity contribution is -0.117. The Morgan fingerprint density at radius 2 is 2.16 bits per heavy atom. The molecule has 0 radical (unpaired) electrons. The highest BCUT2D eigenvalue weighted by molar-refractivity contribution is 7.98. The Morgan fingerprint density at radius 1 is 1.47 bits per heavy atom. The molecule has 5 heteroatoms. The van der Waals surface area contributed by atoms with Gasteiger partial charge in [-0.3, -0.25) is 4.79 Å². The Kier molecular flexibility index (Phi) is 6.72. The first kappa shape index (κ1) is 15.3. The van der Waals surface area contributed by atoms with Crippen molar-refractivity contribution in [2.45, 2.75) is 4.90 Å². The molecule has 100 valence electrons. The van der Waals surface area contributed by atoms with Crippen molar-refractivity contribution in [3.8, 4) is 6.07 Å². The minimum absolute atomic E-state index is 0.0907. The average molecular weight is 276 g/mol. The van der Waals surface area contributed by atoms with Crippen LogP contribution >= 0.6 is 11.8 Å². The predicted molar refractivity (Wildman–Crippen MR) is 76.7 cm³/mol. The normalized spacial score (nSPS) is 10.9. The van der Waals surface area contributed by atoms with E-state index in [1.165, 1.54) is 0 Å². The zero-order valence-electron chi connectivity index (χ0n) is 11.0. The van der Waals surface area contributed by atoms with E-state index in [4.69, 9.17) is 10.00 Å². The second-order valence-corrected chi connectivity index (χ2v) is 4.57. The highest BCUT2D eigenvalue weighted by Crippen LogP contribution is 2.16. The molecule has 4 nitrogen and oxygen atoms in total. The Balaban J connectivity index is 2.75. The lowest BCUT2D eigenvalue weighted by Crippen LogP contribution is -2.27. The number of benzene rings is 1. The molecule has 1 rings (SSSR count). The van der Waals surface area contributed by atoms with E-state index in [1.807, 2.05) is 36.6 Å². The predicted octanol–water partition coefficient (Wildman–Crippen LogP) is 2.08. The lowest BCUT2D eigenvalue weighted by Gasteiger charge is -2.03. The van der Waals surface area contributed by atoms with E-state index in [2.05, 4.69) is 5.32 Å². The molecule has 0 unspecified atom stereocenters. The van der Waals surface area contributed by atoms with Crippen LogP contribution in [0.1, 0.15) is 5.56 Å². The van der Waals surface area contributed by atoms with E-state index >= 15 is 0 Å². The largest absolute Gasteiger partial charge is 0.383 e. The minimum Gasteiger partial charge on any atom is -0.383 e. The third-order valence-corrected chi connectivity index (χ3v) is 3.13. The van der Waals surface area contributed by atoms with Crippen molar-refractivity contribution < 1.29 is 9.53 Å². The third kappa shape index (κ3) is 5.16. The molecular formula is C14H16N2O2S. The summed E-state index contributed by atoms with van der Waals surface area (Å²) in [6.45, 7) is 0.812. The molecule has 0 atom stereocenters. The summed E-state index contributed by atoms with van der Waals surface area (Å²) >= 11 is 1.64. The highest BCUT2D eigenvalue weighted by atomic mass is 32.2. The summed E-state index contributed by atoms with van der Waals surface area (Å²) in [5, 5.41) is 11.6. The van der Waals surface area contributed by atoms with E-state index < -0.39 is 0 Å². The molecule has 0 aromatic heterocycles. The summed E-state index contributed by atoms with van der Waals surface area (Å²) in [6.07, 6.45) is 3.57. The Morgan fingerprint density at radius 3 is 2.68 bits per heavy atom. The molecule has 0 fully saturated rings. The number of rotatable bonds is 6. The van der Waals surface area contributed by atoms with Crippen molar-refractivity contribution in [2.75, 3.05) is 26.5 Å². The fraction of sp³-hybridized carbons (Fsp3) is 0.286. The van der Waals surface area contributed by atoms with Crippen LogP contribution in [-0.2, 0) is 9.53 Å². The van der Waals surface area contributed by atoms with E-state index in [0.717, 1.165) is 10.5 Å². The number of hydrogen-bond donors (Lipinski definition) is 1. The number of thioether (sulfide) groups is 1. The molecule has 1 N–H and O–H groups in total. The monoisotopic (exact) mass is 276 g/mol. The third-order valence-electron chi connectivity index (χ3n) is 2.38. The summed E-state index contributed by atoms with van der Waals surface area (Å²) in [6, 6.07) is 9.58. The summed E-state index contributed by atoms with van der Waals surface area (Å²) in [5.41, 5.74) is 0.921. The molecule has 0 aliphatic rings. The molecule has 0 spiro atoms. The quantitative estimate of drug-likeness (QED) is 0.374. The van der Waals surface area contributed by atoms with Gasteiger partial charge in [0.1, 0.15) is 11.6 Å². The number of nitrogens with zero attached hydrogens (tertiary/aromatic N) is 1. The van der Waals surface area contributed by atoms with Gasteiger partial charge in [-0.1, -0.05) is 12.1 Å². The first-order valence-corrected chi connectivity index (χ1v) is 6.96. The van der Waals surface area contributed by atoms with Crippen LogP contribution in [0.3, 0.4) is 0 Å². The number of carbonyl (C=O) groups is 1. The van der Waals surface area contributed by atoms with E-state index in [-0.39, 0.29) is 11.5 Å². The standard InChI is InChI=1S/C14H16N2O2S/c1-18-8-7-16-14(17)12(10-15)9-11-3-5-13(19-2)6-4-11/h3-6,9H,7-8H2,1-2H3,(H,16,17). The Hall–Kier alpha value is -1.77. The average Bonchev–Trinajstić information content (AvgIpc) is 2.45. The fourth-order valence-corrected chi connectivity index (χ4v) is 1.79. The van der Waals surface area contributed by atoms with Crippen molar-refractivity contribution in [2.24, 2.45) is 0 Å². The van der Waals surface area contributed by atoms with Gasteiger partial charge in [-0.15, -0.1) is 11.8 Å². The van der Waals surface area contributed by atoms with Crippen LogP contribution in [0.4, 0.5) is 0 Å². The van der Waals surface area contributed by atoms with E-state index in [9.17, 15) is 4.79 Å². The molecule has 0 aliphatic heterocycles. The van der Waals surface area contributed by atoms with Gasteiger partial charge in [-0.05, 0) is 30.0 Å². The van der Waals surface area contributed by atoms with Gasteiger partial charge in [0, 0.05) is 18.6 Å². The van der Waals surface area contributed by atoms with E-state index in [0.29, 0.717) is 13.2 Å². The molecule has 1 aromatic rings. The van der Waals surface area contributed by atoms with Gasteiger partial charge >= 0.3 is 0 Å². The molecule has 0 saturated carbocycles. The van der Waals surface area contributed by atoms with Gasteiger partial charge in [0.05, 0.1) is 6.61 Å². The number of hydrogen-bond acceptors (Lipinski definition) is 4. The lowest BCUT2D eigenvalue weighted by atomic mass is 10.1. The van der Waals surface area contributed by atoms with Crippen LogP contribution in [0, 0.1) is 11.3 Å². The van der Waals surface area contributed by atoms with Gasteiger partial charge in [0.25, 0.3) is 5.91 Å². The fourth-order valence-electron chi connectivity index (χ4n) is 1.38. The van der Waals surface area contributed by atoms with Crippen LogP contribution in [-0.4, -0.2) is 32.4 Å². The number of carbonyl (C=O) groups excluding carboxylic acids is 1. The molecule has 0 bridgehead atoms. The van der Waals surface area contributed by atoms with Crippen LogP contribution in [0.15, 0.2) is 34.7 Å². The van der Waals surface area contributed by atoms with Crippen molar-refractivity contribution in [3.05, 3.63) is 35.4 Å². The van der Waals surface area contributed by atoms with Crippen LogP contribution in [0.25, 0.3) is 6.08 Å². The Bertz CT molecular complexity index is 489. The first-order chi connectivity index (χ1) is 9.21. The number of nitriles is 1. The molecule has 19 heavy (non-hydrogen) atoms. The van der Waals surface area contributed by atoms with Crippen LogP contribution in [0.2, 0.25) is 0 Å². The SMILES string of the molecule is COCCNC(=O)C(C#N)=Cc1ccc(SC)cc1. The maximum atomic E-state index is 11.7. The Labute approximate surface area is 117 Å². The van der Waals surface area contributed by atoms with Crippen LogP contribution in [0.5, 0.6) is 0 Å². The topological polar surface area (TPSA) is 62.1 Å². The number of amides is 1. The maximum absolute atomic E-state index is 11.7. The van der Waals surface area contributed by atoms with Crippen molar-refractivity contribution in [3.63, 3.8) is 0 Å². The number of nitrogens with one attached hydrogen (secondary N) is 1. The van der Waals surface area contributed by atoms with Gasteiger partial charge < -0.3 is 10.1 Å². The van der Waals surface area contributed by atoms with E-state index in [1.54, 1.807) is 24.9 Å². The summed E-state index contributed by atoms with van der Waals surface area (Å²) in [4.78, 5) is 12.9. The maximum Gasteiger partial charge on any atom is 0.262 e. The smallest absolute Gasteiger partial charge is 0.262 e. The van der Waals surface area contributed by atoms with Crippen molar-refractivity contribution in [1.82, 2.24) is 5.32 Å². The summed E-state index contributed by atoms with van der Waals surface area (Å²) in [7, 11) is 1.56. The molecular weight excluding hydrogens is 260 g/mol. The van der Waals surface area contributed by atoms with Crippen LogP contribution < -0.4 is 5.32 Å². The zero-order valence-corrected chi connectivity index (χ0v) is 11.8. The molecule has 1 amide bonds. The number of ether oxygens (including phenoxy) is 1. The van der Waals surface area contributed by atoms with Gasteiger partial charge in [-0.2, -0.15) is 5.26 Å². The van der Waals surface area contributed by atoms with Gasteiger partial charge in [0.15, 0.2) is 0 Å². The molecule has 0 saturated heterocycles. The van der Waals surface area contributed by atoms with Crippen molar-refractivity contribution in [1.29, 1.82) is 5.26 Å². The highest BCUT2D eigenvalue weighted by Gasteiger charge is 2.07. The van der Waals surface area contributed by atoms with Gasteiger partial charge in [-0.25, -0.2) is 0 Å². The minimum atomic E-state index is -0.381. The zero-order chi connectivity index (χ0) is 14.1. The summed E-state index contributed by atoms with van der Waals surface area (Å²) in [5.74, 6) is -0.381. The second-order valence-electron chi connectivity index (χ2n) is 3.69. The first-order valence-electron chi connectivity index (χ1n) is 5.74. The van der Waals surface area contributed by atoms with Crippen molar-refractivity contribution >= 4 is 23.7 Å². The van der Waals surface area contributed by atoms with Gasteiger partial charge in [0.2, 0.25) is 0 Å². The molecule has 1 aromatic carbocycles. The molecule has 0 heterocycles. The second kappa shape index (κ2) is 8.35. The number of methoxy groups -OCH3 is 1.